The van der Waals surface area contributed by atoms with Crippen molar-refractivity contribution in [2.75, 3.05) is 6.54 Å². The van der Waals surface area contributed by atoms with Gasteiger partial charge in [0.05, 0.1) is 12.6 Å². The molecule has 1 aliphatic heterocycles. The maximum atomic E-state index is 12.8. The molecule has 1 aliphatic rings. The van der Waals surface area contributed by atoms with Crippen LogP contribution in [0, 0.1) is 0 Å². The Morgan fingerprint density at radius 2 is 2.20 bits per heavy atom. The van der Waals surface area contributed by atoms with E-state index in [-0.39, 0.29) is 36.1 Å². The van der Waals surface area contributed by atoms with Gasteiger partial charge in [0, 0.05) is 19.4 Å². The highest BCUT2D eigenvalue weighted by Gasteiger charge is 2.35. The number of amides is 2. The molecule has 0 saturated carbocycles. The van der Waals surface area contributed by atoms with Gasteiger partial charge in [-0.15, -0.1) is 0 Å². The van der Waals surface area contributed by atoms with Gasteiger partial charge in [-0.25, -0.2) is 0 Å². The van der Waals surface area contributed by atoms with Gasteiger partial charge in [0.25, 0.3) is 5.91 Å². The molecule has 0 radical (unpaired) electrons. The van der Waals surface area contributed by atoms with Crippen LogP contribution >= 0.6 is 0 Å². The molecule has 134 valence electrons. The van der Waals surface area contributed by atoms with Crippen LogP contribution in [0.15, 0.2) is 21.1 Å². The highest BCUT2D eigenvalue weighted by Crippen LogP contribution is 2.32. The lowest BCUT2D eigenvalue weighted by Gasteiger charge is -2.20. The minimum absolute atomic E-state index is 0.146. The number of nitrogens with one attached hydrogen (secondary N) is 1. The van der Waals surface area contributed by atoms with Crippen molar-refractivity contribution in [3.05, 3.63) is 35.4 Å². The Balaban J connectivity index is 1.73. The molecule has 8 heteroatoms. The summed E-state index contributed by atoms with van der Waals surface area (Å²) >= 11 is 0. The summed E-state index contributed by atoms with van der Waals surface area (Å²) in [5.74, 6) is 1.70. The fraction of sp³-hybridized carbons (Fsp3) is 0.529. The number of nitrogens with zero attached hydrogens (tertiary/aromatic N) is 3. The molecule has 1 saturated heterocycles. The molecule has 1 N–H and O–H groups in total. The van der Waals surface area contributed by atoms with Gasteiger partial charge in [0.2, 0.25) is 11.8 Å². The van der Waals surface area contributed by atoms with Crippen molar-refractivity contribution < 1.29 is 18.5 Å². The average Bonchev–Trinajstić information content (AvgIpc) is 3.30. The maximum Gasteiger partial charge on any atom is 0.290 e. The Kier molecular flexibility index (Phi) is 4.87. The van der Waals surface area contributed by atoms with Crippen LogP contribution in [0.5, 0.6) is 0 Å². The molecule has 0 spiro atoms. The lowest BCUT2D eigenvalue weighted by atomic mass is 10.2. The van der Waals surface area contributed by atoms with Crippen LogP contribution in [-0.4, -0.2) is 33.4 Å². The van der Waals surface area contributed by atoms with Crippen molar-refractivity contribution in [1.29, 1.82) is 0 Å². The normalized spacial score (nSPS) is 17.3. The second-order valence-electron chi connectivity index (χ2n) is 6.48. The van der Waals surface area contributed by atoms with E-state index in [4.69, 9.17) is 8.94 Å². The quantitative estimate of drug-likeness (QED) is 0.892. The van der Waals surface area contributed by atoms with Crippen LogP contribution in [0.4, 0.5) is 0 Å². The number of hydrogen-bond donors (Lipinski definition) is 1. The summed E-state index contributed by atoms with van der Waals surface area (Å²) in [6.45, 7) is 6.27. The Bertz CT molecular complexity index is 764. The molecule has 2 aromatic heterocycles. The van der Waals surface area contributed by atoms with Crippen molar-refractivity contribution >= 4 is 11.8 Å². The fourth-order valence-corrected chi connectivity index (χ4v) is 2.84. The summed E-state index contributed by atoms with van der Waals surface area (Å²) in [5.41, 5.74) is 0. The molecule has 2 amide bonds. The summed E-state index contributed by atoms with van der Waals surface area (Å²) in [5, 5.41) is 6.68. The van der Waals surface area contributed by atoms with Crippen molar-refractivity contribution in [3.63, 3.8) is 0 Å². The van der Waals surface area contributed by atoms with Crippen molar-refractivity contribution in [2.24, 2.45) is 0 Å². The van der Waals surface area contributed by atoms with E-state index in [1.54, 1.807) is 17.0 Å². The van der Waals surface area contributed by atoms with Crippen molar-refractivity contribution in [2.45, 2.75) is 52.1 Å². The van der Waals surface area contributed by atoms with Crippen molar-refractivity contribution in [3.8, 4) is 0 Å². The first-order chi connectivity index (χ1) is 12.0. The van der Waals surface area contributed by atoms with E-state index in [9.17, 15) is 9.59 Å². The number of aromatic nitrogens is 2. The third-order valence-electron chi connectivity index (χ3n) is 4.15. The lowest BCUT2D eigenvalue weighted by Crippen LogP contribution is -2.30. The molecular formula is C17H22N4O4. The Labute approximate surface area is 145 Å². The smallest absolute Gasteiger partial charge is 0.290 e. The van der Waals surface area contributed by atoms with Gasteiger partial charge in [-0.2, -0.15) is 4.98 Å². The van der Waals surface area contributed by atoms with Crippen LogP contribution in [0.1, 0.15) is 73.6 Å². The van der Waals surface area contributed by atoms with Crippen LogP contribution in [-0.2, 0) is 11.3 Å². The molecule has 1 fully saturated rings. The molecule has 0 aromatic carbocycles. The third kappa shape index (κ3) is 3.72. The SMILES string of the molecule is CC(=O)NCc1ccc(C(=O)N2CCC[C@H]2c2noc(C(C)C)n2)o1. The molecule has 2 aromatic rings. The highest BCUT2D eigenvalue weighted by molar-refractivity contribution is 5.92. The first kappa shape index (κ1) is 17.2. The maximum absolute atomic E-state index is 12.8. The largest absolute Gasteiger partial charge is 0.454 e. The number of hydrogen-bond acceptors (Lipinski definition) is 6. The second-order valence-corrected chi connectivity index (χ2v) is 6.48. The summed E-state index contributed by atoms with van der Waals surface area (Å²) in [4.78, 5) is 29.9. The Morgan fingerprint density at radius 3 is 2.88 bits per heavy atom. The van der Waals surface area contributed by atoms with Crippen LogP contribution < -0.4 is 5.32 Å². The van der Waals surface area contributed by atoms with Gasteiger partial charge in [-0.05, 0) is 25.0 Å². The molecule has 25 heavy (non-hydrogen) atoms. The van der Waals surface area contributed by atoms with E-state index in [0.29, 0.717) is 24.0 Å². The van der Waals surface area contributed by atoms with Crippen LogP contribution in [0.25, 0.3) is 0 Å². The minimum Gasteiger partial charge on any atom is -0.454 e. The Hall–Kier alpha value is -2.64. The first-order valence-electron chi connectivity index (χ1n) is 8.43. The van der Waals surface area contributed by atoms with Gasteiger partial charge in [0.1, 0.15) is 5.76 Å². The summed E-state index contributed by atoms with van der Waals surface area (Å²) in [7, 11) is 0. The second kappa shape index (κ2) is 7.08. The van der Waals surface area contributed by atoms with Crippen molar-refractivity contribution in [1.82, 2.24) is 20.4 Å². The number of carbonyl (C=O) groups is 2. The summed E-state index contributed by atoms with van der Waals surface area (Å²) < 4.78 is 10.8. The fourth-order valence-electron chi connectivity index (χ4n) is 2.84. The predicted octanol–water partition coefficient (Wildman–Crippen LogP) is 2.40. The van der Waals surface area contributed by atoms with Gasteiger partial charge < -0.3 is 19.2 Å². The van der Waals surface area contributed by atoms with Crippen LogP contribution in [0.2, 0.25) is 0 Å². The highest BCUT2D eigenvalue weighted by atomic mass is 16.5. The molecular weight excluding hydrogens is 324 g/mol. The van der Waals surface area contributed by atoms with Crippen LogP contribution in [0.3, 0.4) is 0 Å². The van der Waals surface area contributed by atoms with E-state index in [2.05, 4.69) is 15.5 Å². The zero-order valence-electron chi connectivity index (χ0n) is 14.6. The molecule has 3 heterocycles. The van der Waals surface area contributed by atoms with E-state index in [1.165, 1.54) is 6.92 Å². The van der Waals surface area contributed by atoms with Gasteiger partial charge >= 0.3 is 0 Å². The Morgan fingerprint density at radius 1 is 1.40 bits per heavy atom. The third-order valence-corrected chi connectivity index (χ3v) is 4.15. The zero-order valence-corrected chi connectivity index (χ0v) is 14.6. The summed E-state index contributed by atoms with van der Waals surface area (Å²) in [6, 6.07) is 3.12. The van der Waals surface area contributed by atoms with Gasteiger partial charge in [-0.3, -0.25) is 9.59 Å². The molecule has 3 rings (SSSR count). The molecule has 8 nitrogen and oxygen atoms in total. The average molecular weight is 346 g/mol. The number of rotatable bonds is 5. The topological polar surface area (TPSA) is 101 Å². The summed E-state index contributed by atoms with van der Waals surface area (Å²) in [6.07, 6.45) is 1.67. The number of carbonyl (C=O) groups excluding carboxylic acids is 2. The standard InChI is InChI=1S/C17H22N4O4/c1-10(2)16-19-15(20-25-16)13-5-4-8-21(13)17(23)14-7-6-12(24-14)9-18-11(3)22/h6-7,10,13H,4-5,8-9H2,1-3H3,(H,18,22)/t13-/m0/s1. The monoisotopic (exact) mass is 346 g/mol. The zero-order chi connectivity index (χ0) is 18.0. The van der Waals surface area contributed by atoms with Gasteiger partial charge in [0.15, 0.2) is 11.6 Å². The molecule has 0 aliphatic carbocycles. The molecule has 1 atom stereocenters. The number of likely N-dealkylation sites (tertiary alicyclic amines) is 1. The van der Waals surface area contributed by atoms with E-state index in [1.807, 2.05) is 13.8 Å². The first-order valence-corrected chi connectivity index (χ1v) is 8.43. The lowest BCUT2D eigenvalue weighted by molar-refractivity contribution is -0.119. The minimum atomic E-state index is -0.201. The molecule has 0 unspecified atom stereocenters. The van der Waals surface area contributed by atoms with E-state index < -0.39 is 0 Å². The number of furan rings is 1. The van der Waals surface area contributed by atoms with Gasteiger partial charge in [-0.1, -0.05) is 19.0 Å². The predicted molar refractivity (Wildman–Crippen MR) is 87.6 cm³/mol. The molecule has 0 bridgehead atoms. The van der Waals surface area contributed by atoms with E-state index >= 15 is 0 Å². The van der Waals surface area contributed by atoms with E-state index in [0.717, 1.165) is 12.8 Å².